The predicted molar refractivity (Wildman–Crippen MR) is 125 cm³/mol. The molecule has 0 fully saturated rings. The first-order chi connectivity index (χ1) is 15.0. The molecule has 2 aliphatic rings. The Kier molecular flexibility index (Phi) is 6.58. The molecule has 1 aromatic carbocycles. The first kappa shape index (κ1) is 21.4. The lowest BCUT2D eigenvalue weighted by Crippen LogP contribution is -2.32. The van der Waals surface area contributed by atoms with Crippen molar-refractivity contribution in [3.63, 3.8) is 0 Å². The summed E-state index contributed by atoms with van der Waals surface area (Å²) in [5.41, 5.74) is 2.15. The van der Waals surface area contributed by atoms with Crippen LogP contribution in [0.5, 0.6) is 0 Å². The highest BCUT2D eigenvalue weighted by molar-refractivity contribution is 8.04. The smallest absolute Gasteiger partial charge is 0.265 e. The second-order valence-corrected chi connectivity index (χ2v) is 8.78. The highest BCUT2D eigenvalue weighted by atomic mass is 35.5. The molecular weight excluding hydrogens is 434 g/mol. The summed E-state index contributed by atoms with van der Waals surface area (Å²) in [4.78, 5) is 36.7. The zero-order valence-corrected chi connectivity index (χ0v) is 18.6. The number of allylic oxidation sites excluding steroid dienone is 1. The monoisotopic (exact) mass is 455 g/mol. The molecule has 0 saturated heterocycles. The Bertz CT molecular complexity index is 1050. The molecule has 2 aromatic rings. The molecular formula is C22H22ClN5O2S. The number of carbonyl (C=O) groups excluding carboxylic acids is 2. The van der Waals surface area contributed by atoms with Crippen LogP contribution in [0.25, 0.3) is 0 Å². The van der Waals surface area contributed by atoms with Gasteiger partial charge in [0.1, 0.15) is 11.7 Å². The van der Waals surface area contributed by atoms with Crippen LogP contribution in [0.15, 0.2) is 58.2 Å². The van der Waals surface area contributed by atoms with Crippen molar-refractivity contribution in [1.82, 2.24) is 15.2 Å². The lowest BCUT2D eigenvalue weighted by atomic mass is 10.1. The van der Waals surface area contributed by atoms with Crippen LogP contribution < -0.4 is 10.6 Å². The number of hydrogen-bond donors (Lipinski definition) is 2. The van der Waals surface area contributed by atoms with Gasteiger partial charge in [-0.1, -0.05) is 23.7 Å². The van der Waals surface area contributed by atoms with Gasteiger partial charge in [-0.05, 0) is 37.1 Å². The molecule has 2 aliphatic heterocycles. The van der Waals surface area contributed by atoms with E-state index in [1.54, 1.807) is 24.3 Å². The Balaban J connectivity index is 1.44. The lowest BCUT2D eigenvalue weighted by molar-refractivity contribution is -0.112. The molecule has 2 amide bonds. The lowest BCUT2D eigenvalue weighted by Gasteiger charge is -2.25. The van der Waals surface area contributed by atoms with Crippen LogP contribution in [-0.4, -0.2) is 53.4 Å². The zero-order chi connectivity index (χ0) is 21.8. The molecule has 0 atom stereocenters. The number of rotatable bonds is 5. The van der Waals surface area contributed by atoms with E-state index in [9.17, 15) is 9.59 Å². The Labute approximate surface area is 190 Å². The summed E-state index contributed by atoms with van der Waals surface area (Å²) in [5.74, 6) is 1.56. The fourth-order valence-corrected chi connectivity index (χ4v) is 4.54. The zero-order valence-electron chi connectivity index (χ0n) is 17.0. The van der Waals surface area contributed by atoms with E-state index in [1.165, 1.54) is 18.0 Å². The van der Waals surface area contributed by atoms with Crippen molar-refractivity contribution < 1.29 is 9.59 Å². The highest BCUT2D eigenvalue weighted by Gasteiger charge is 2.24. The van der Waals surface area contributed by atoms with Gasteiger partial charge in [0, 0.05) is 48.9 Å². The minimum atomic E-state index is -0.290. The molecule has 0 aliphatic carbocycles. The number of pyridine rings is 1. The average molecular weight is 456 g/mol. The van der Waals surface area contributed by atoms with E-state index in [0.29, 0.717) is 33.4 Å². The Morgan fingerprint density at radius 2 is 1.90 bits per heavy atom. The first-order valence-corrected chi connectivity index (χ1v) is 11.3. The third-order valence-corrected chi connectivity index (χ3v) is 6.34. The molecule has 0 saturated carbocycles. The first-order valence-electron chi connectivity index (χ1n) is 9.97. The number of amidine groups is 1. The van der Waals surface area contributed by atoms with Gasteiger partial charge in [-0.3, -0.25) is 14.6 Å². The molecule has 0 unspecified atom stereocenters. The van der Waals surface area contributed by atoms with Crippen molar-refractivity contribution in [2.45, 2.75) is 12.8 Å². The van der Waals surface area contributed by atoms with E-state index in [1.807, 2.05) is 19.2 Å². The average Bonchev–Trinajstić information content (AvgIpc) is 3.24. The third-order valence-electron chi connectivity index (χ3n) is 4.99. The van der Waals surface area contributed by atoms with Gasteiger partial charge in [0.2, 0.25) is 0 Å². The van der Waals surface area contributed by atoms with Crippen molar-refractivity contribution in [2.75, 3.05) is 31.2 Å². The fraction of sp³-hybridized carbons (Fsp3) is 0.273. The molecule has 0 spiro atoms. The minimum absolute atomic E-state index is 0.238. The van der Waals surface area contributed by atoms with E-state index in [2.05, 4.69) is 25.5 Å². The summed E-state index contributed by atoms with van der Waals surface area (Å²) in [7, 11) is 2.02. The maximum absolute atomic E-state index is 12.8. The Morgan fingerprint density at radius 3 is 2.61 bits per heavy atom. The summed E-state index contributed by atoms with van der Waals surface area (Å²) < 4.78 is 0. The fourth-order valence-electron chi connectivity index (χ4n) is 3.41. The van der Waals surface area contributed by atoms with Gasteiger partial charge in [-0.2, -0.15) is 0 Å². The molecule has 2 N–H and O–H groups in total. The van der Waals surface area contributed by atoms with Gasteiger partial charge >= 0.3 is 0 Å². The number of nitrogens with one attached hydrogen (secondary N) is 2. The Hall–Kier alpha value is -2.84. The van der Waals surface area contributed by atoms with E-state index >= 15 is 0 Å². The van der Waals surface area contributed by atoms with Crippen molar-refractivity contribution >= 4 is 46.8 Å². The minimum Gasteiger partial charge on any atom is -0.359 e. The number of aliphatic imine (C=N–C) groups is 1. The van der Waals surface area contributed by atoms with Crippen LogP contribution in [-0.2, 0) is 4.79 Å². The van der Waals surface area contributed by atoms with E-state index in [4.69, 9.17) is 11.6 Å². The summed E-state index contributed by atoms with van der Waals surface area (Å²) in [6, 6.07) is 10.7. The maximum Gasteiger partial charge on any atom is 0.265 e. The van der Waals surface area contributed by atoms with Crippen LogP contribution >= 0.6 is 23.4 Å². The molecule has 160 valence electrons. The number of nitrogens with zero attached hydrogens (tertiary/aromatic N) is 3. The van der Waals surface area contributed by atoms with Crippen molar-refractivity contribution in [3.8, 4) is 0 Å². The maximum atomic E-state index is 12.8. The van der Waals surface area contributed by atoms with Gasteiger partial charge in [0.25, 0.3) is 11.8 Å². The number of halogens is 1. The highest BCUT2D eigenvalue weighted by Crippen LogP contribution is 2.31. The Morgan fingerprint density at radius 1 is 1.10 bits per heavy atom. The molecule has 1 aromatic heterocycles. The number of anilines is 1. The molecule has 31 heavy (non-hydrogen) atoms. The van der Waals surface area contributed by atoms with Crippen LogP contribution in [0, 0.1) is 0 Å². The summed E-state index contributed by atoms with van der Waals surface area (Å²) >= 11 is 7.25. The molecule has 3 heterocycles. The standard InChI is InChI=1S/C22H22ClN5O2S/c1-28-11-2-10-24-20(28)14-3-5-15(6-4-14)21(29)26-17-9-12-31-19(17)22(30)27-18-8-7-16(23)13-25-18/h3-8,13H,2,9-12H2,1H3,(H,26,29)(H,25,27,30). The van der Waals surface area contributed by atoms with E-state index < -0.39 is 0 Å². The van der Waals surface area contributed by atoms with Crippen LogP contribution in [0.3, 0.4) is 0 Å². The number of thioether (sulfide) groups is 1. The SMILES string of the molecule is CN1CCCN=C1c1ccc(C(=O)NC2=C(C(=O)Nc3ccc(Cl)cn3)SCC2)cc1. The van der Waals surface area contributed by atoms with Gasteiger partial charge in [0.05, 0.1) is 9.93 Å². The molecule has 0 bridgehead atoms. The van der Waals surface area contributed by atoms with Crippen LogP contribution in [0.4, 0.5) is 5.82 Å². The third kappa shape index (κ3) is 5.08. The normalized spacial score (nSPS) is 16.2. The molecule has 0 radical (unpaired) electrons. The summed E-state index contributed by atoms with van der Waals surface area (Å²) in [6.45, 7) is 1.80. The second-order valence-electron chi connectivity index (χ2n) is 7.23. The number of aromatic nitrogens is 1. The molecule has 7 nitrogen and oxygen atoms in total. The quantitative estimate of drug-likeness (QED) is 0.720. The second kappa shape index (κ2) is 9.53. The summed E-state index contributed by atoms with van der Waals surface area (Å²) in [6.07, 6.45) is 3.14. The van der Waals surface area contributed by atoms with Crippen LogP contribution in [0.1, 0.15) is 28.8 Å². The van der Waals surface area contributed by atoms with Gasteiger partial charge in [-0.15, -0.1) is 11.8 Å². The van der Waals surface area contributed by atoms with Crippen molar-refractivity contribution in [1.29, 1.82) is 0 Å². The van der Waals surface area contributed by atoms with Crippen molar-refractivity contribution in [2.24, 2.45) is 4.99 Å². The number of benzene rings is 1. The number of amides is 2. The summed E-state index contributed by atoms with van der Waals surface area (Å²) in [5, 5.41) is 6.15. The van der Waals surface area contributed by atoms with Crippen LogP contribution in [0.2, 0.25) is 5.02 Å². The molecule has 4 rings (SSSR count). The van der Waals surface area contributed by atoms with Crippen molar-refractivity contribution in [3.05, 3.63) is 69.3 Å². The number of hydrogen-bond acceptors (Lipinski definition) is 6. The van der Waals surface area contributed by atoms with Gasteiger partial charge in [-0.25, -0.2) is 4.98 Å². The van der Waals surface area contributed by atoms with Gasteiger partial charge < -0.3 is 15.5 Å². The predicted octanol–water partition coefficient (Wildman–Crippen LogP) is 3.53. The van der Waals surface area contributed by atoms with E-state index in [-0.39, 0.29) is 11.8 Å². The number of carbonyl (C=O) groups is 2. The topological polar surface area (TPSA) is 86.7 Å². The molecule has 9 heteroatoms. The van der Waals surface area contributed by atoms with E-state index in [0.717, 1.165) is 36.7 Å². The largest absolute Gasteiger partial charge is 0.359 e. The van der Waals surface area contributed by atoms with Gasteiger partial charge in [0.15, 0.2) is 0 Å².